The van der Waals surface area contributed by atoms with Gasteiger partial charge in [-0.25, -0.2) is 4.68 Å². The van der Waals surface area contributed by atoms with E-state index < -0.39 is 0 Å². The van der Waals surface area contributed by atoms with Gasteiger partial charge >= 0.3 is 0 Å². The molecule has 0 unspecified atom stereocenters. The average Bonchev–Trinajstić information content (AvgIpc) is 2.96. The minimum Gasteiger partial charge on any atom is -0.347 e. The lowest BCUT2D eigenvalue weighted by molar-refractivity contribution is 0.0945. The van der Waals surface area contributed by atoms with Crippen molar-refractivity contribution < 1.29 is 4.79 Å². The molecule has 1 aliphatic heterocycles. The second-order valence-electron chi connectivity index (χ2n) is 6.12. The van der Waals surface area contributed by atoms with Crippen LogP contribution in [0.5, 0.6) is 0 Å². The lowest BCUT2D eigenvalue weighted by Gasteiger charge is -2.23. The third-order valence-corrected chi connectivity index (χ3v) is 4.37. The zero-order chi connectivity index (χ0) is 16.2. The third kappa shape index (κ3) is 4.13. The first-order valence-corrected chi connectivity index (χ1v) is 8.11. The first kappa shape index (κ1) is 18.4. The molecule has 1 amide bonds. The molecule has 1 aromatic carbocycles. The smallest absolute Gasteiger partial charge is 0.274 e. The van der Waals surface area contributed by atoms with E-state index in [9.17, 15) is 4.79 Å². The summed E-state index contributed by atoms with van der Waals surface area (Å²) in [5.41, 5.74) is 3.56. The van der Waals surface area contributed by atoms with Crippen LogP contribution in [0.1, 0.15) is 46.2 Å². The molecule has 1 fully saturated rings. The van der Waals surface area contributed by atoms with Crippen LogP contribution in [0, 0.1) is 13.8 Å². The number of halogens is 1. The van der Waals surface area contributed by atoms with Gasteiger partial charge in [0.15, 0.2) is 5.69 Å². The Morgan fingerprint density at radius 2 is 1.92 bits per heavy atom. The zero-order valence-electron chi connectivity index (χ0n) is 14.1. The van der Waals surface area contributed by atoms with E-state index in [0.29, 0.717) is 18.3 Å². The Labute approximate surface area is 148 Å². The van der Waals surface area contributed by atoms with Crippen molar-refractivity contribution in [3.63, 3.8) is 0 Å². The summed E-state index contributed by atoms with van der Waals surface area (Å²) < 4.78 is 1.90. The molecule has 0 radical (unpaired) electrons. The molecule has 2 N–H and O–H groups in total. The van der Waals surface area contributed by atoms with Crippen LogP contribution >= 0.6 is 12.4 Å². The topological polar surface area (TPSA) is 71.8 Å². The molecule has 0 aliphatic carbocycles. The van der Waals surface area contributed by atoms with Gasteiger partial charge < -0.3 is 10.6 Å². The predicted molar refractivity (Wildman–Crippen MR) is 95.5 cm³/mol. The molecule has 0 atom stereocenters. The Hall–Kier alpha value is -1.92. The Morgan fingerprint density at radius 3 is 2.58 bits per heavy atom. The summed E-state index contributed by atoms with van der Waals surface area (Å²) in [6.07, 6.45) is 2.04. The van der Waals surface area contributed by atoms with Gasteiger partial charge in [-0.2, -0.15) is 0 Å². The standard InChI is InChI=1S/C17H23N5O.ClH/c1-12-3-5-14(6-4-12)11-19-17(23)16-13(2)22(21-20-16)15-7-9-18-10-8-15;/h3-6,15,18H,7-11H2,1-2H3,(H,19,23);1H. The fraction of sp³-hybridized carbons (Fsp3) is 0.471. The Morgan fingerprint density at radius 1 is 1.25 bits per heavy atom. The highest BCUT2D eigenvalue weighted by Gasteiger charge is 2.22. The maximum atomic E-state index is 12.4. The van der Waals surface area contributed by atoms with Crippen LogP contribution in [0.25, 0.3) is 0 Å². The van der Waals surface area contributed by atoms with Gasteiger partial charge in [-0.05, 0) is 45.3 Å². The summed E-state index contributed by atoms with van der Waals surface area (Å²) in [4.78, 5) is 12.4. The van der Waals surface area contributed by atoms with Crippen molar-refractivity contribution in [1.29, 1.82) is 0 Å². The van der Waals surface area contributed by atoms with Gasteiger partial charge in [0, 0.05) is 6.54 Å². The monoisotopic (exact) mass is 349 g/mol. The fourth-order valence-electron chi connectivity index (χ4n) is 2.92. The summed E-state index contributed by atoms with van der Waals surface area (Å²) in [6, 6.07) is 8.46. The number of aryl methyl sites for hydroxylation is 1. The summed E-state index contributed by atoms with van der Waals surface area (Å²) in [6.45, 7) is 6.43. The molecule has 6 nitrogen and oxygen atoms in total. The molecule has 0 spiro atoms. The van der Waals surface area contributed by atoms with Gasteiger partial charge in [0.1, 0.15) is 0 Å². The highest BCUT2D eigenvalue weighted by atomic mass is 35.5. The van der Waals surface area contributed by atoms with Crippen molar-refractivity contribution in [3.05, 3.63) is 46.8 Å². The van der Waals surface area contributed by atoms with Crippen LogP contribution in [-0.2, 0) is 6.54 Å². The van der Waals surface area contributed by atoms with E-state index in [-0.39, 0.29) is 18.3 Å². The van der Waals surface area contributed by atoms with Crippen molar-refractivity contribution >= 4 is 18.3 Å². The van der Waals surface area contributed by atoms with Gasteiger partial charge in [-0.1, -0.05) is 35.0 Å². The number of hydrogen-bond donors (Lipinski definition) is 2. The van der Waals surface area contributed by atoms with Gasteiger partial charge in [0.05, 0.1) is 11.7 Å². The number of hydrogen-bond acceptors (Lipinski definition) is 4. The average molecular weight is 350 g/mol. The number of benzene rings is 1. The molecule has 24 heavy (non-hydrogen) atoms. The van der Waals surface area contributed by atoms with Crippen LogP contribution < -0.4 is 10.6 Å². The van der Waals surface area contributed by atoms with Crippen molar-refractivity contribution in [2.24, 2.45) is 0 Å². The van der Waals surface area contributed by atoms with E-state index in [1.165, 1.54) is 5.56 Å². The molecular formula is C17H24ClN5O. The maximum absolute atomic E-state index is 12.4. The number of rotatable bonds is 4. The number of aromatic nitrogens is 3. The van der Waals surface area contributed by atoms with Crippen LogP contribution in [0.2, 0.25) is 0 Å². The predicted octanol–water partition coefficient (Wildman–Crippen LogP) is 2.17. The number of carbonyl (C=O) groups excluding carboxylic acids is 1. The molecule has 0 saturated carbocycles. The largest absolute Gasteiger partial charge is 0.347 e. The van der Waals surface area contributed by atoms with E-state index in [0.717, 1.165) is 37.2 Å². The molecule has 130 valence electrons. The minimum atomic E-state index is -0.164. The highest BCUT2D eigenvalue weighted by Crippen LogP contribution is 2.20. The molecule has 1 aliphatic rings. The summed E-state index contributed by atoms with van der Waals surface area (Å²) in [7, 11) is 0. The third-order valence-electron chi connectivity index (χ3n) is 4.37. The van der Waals surface area contributed by atoms with Crippen LogP contribution in [0.3, 0.4) is 0 Å². The highest BCUT2D eigenvalue weighted by molar-refractivity contribution is 5.93. The van der Waals surface area contributed by atoms with Crippen molar-refractivity contribution in [2.45, 2.75) is 39.3 Å². The second kappa shape index (κ2) is 8.26. The molecule has 1 saturated heterocycles. The number of amides is 1. The summed E-state index contributed by atoms with van der Waals surface area (Å²) in [5.74, 6) is -0.164. The first-order chi connectivity index (χ1) is 11.1. The molecule has 1 aromatic heterocycles. The van der Waals surface area contributed by atoms with Crippen molar-refractivity contribution in [2.75, 3.05) is 13.1 Å². The maximum Gasteiger partial charge on any atom is 0.274 e. The quantitative estimate of drug-likeness (QED) is 0.887. The molecular weight excluding hydrogens is 326 g/mol. The van der Waals surface area contributed by atoms with E-state index in [1.54, 1.807) is 0 Å². The minimum absolute atomic E-state index is 0. The number of nitrogens with zero attached hydrogens (tertiary/aromatic N) is 3. The molecule has 2 aromatic rings. The zero-order valence-corrected chi connectivity index (χ0v) is 14.9. The van der Waals surface area contributed by atoms with Crippen LogP contribution in [-0.4, -0.2) is 34.0 Å². The summed E-state index contributed by atoms with van der Waals surface area (Å²) in [5, 5.41) is 14.6. The molecule has 2 heterocycles. The molecule has 3 rings (SSSR count). The molecule has 7 heteroatoms. The van der Waals surface area contributed by atoms with Crippen molar-refractivity contribution in [3.8, 4) is 0 Å². The Kier molecular flexibility index (Phi) is 6.34. The van der Waals surface area contributed by atoms with Gasteiger partial charge in [-0.3, -0.25) is 4.79 Å². The Bertz CT molecular complexity index is 677. The van der Waals surface area contributed by atoms with E-state index in [1.807, 2.05) is 42.8 Å². The Balaban J connectivity index is 0.00000208. The van der Waals surface area contributed by atoms with Crippen LogP contribution in [0.15, 0.2) is 24.3 Å². The van der Waals surface area contributed by atoms with E-state index in [4.69, 9.17) is 0 Å². The lowest BCUT2D eigenvalue weighted by Crippen LogP contribution is -2.30. The van der Waals surface area contributed by atoms with Crippen LogP contribution in [0.4, 0.5) is 0 Å². The SMILES string of the molecule is Cc1ccc(CNC(=O)c2nnn(C3CCNCC3)c2C)cc1.Cl. The fourth-order valence-corrected chi connectivity index (χ4v) is 2.92. The number of nitrogens with one attached hydrogen (secondary N) is 2. The molecule has 0 bridgehead atoms. The van der Waals surface area contributed by atoms with Gasteiger partial charge in [0.25, 0.3) is 5.91 Å². The number of carbonyl (C=O) groups is 1. The lowest BCUT2D eigenvalue weighted by atomic mass is 10.1. The van der Waals surface area contributed by atoms with Gasteiger partial charge in [0.2, 0.25) is 0 Å². The second-order valence-corrected chi connectivity index (χ2v) is 6.12. The number of piperidine rings is 1. The van der Waals surface area contributed by atoms with Gasteiger partial charge in [-0.15, -0.1) is 17.5 Å². The normalized spacial score (nSPS) is 14.9. The summed E-state index contributed by atoms with van der Waals surface area (Å²) >= 11 is 0. The first-order valence-electron chi connectivity index (χ1n) is 8.11. The van der Waals surface area contributed by atoms with E-state index >= 15 is 0 Å². The van der Waals surface area contributed by atoms with E-state index in [2.05, 4.69) is 20.9 Å². The van der Waals surface area contributed by atoms with Crippen molar-refractivity contribution in [1.82, 2.24) is 25.6 Å².